The number of para-hydroxylation sites is 2. The van der Waals surface area contributed by atoms with Crippen LogP contribution in [0.15, 0.2) is 66.7 Å². The van der Waals surface area contributed by atoms with Crippen LogP contribution in [0.25, 0.3) is 16.8 Å². The molecule has 1 aliphatic rings. The lowest BCUT2D eigenvalue weighted by atomic mass is 9.98. The highest BCUT2D eigenvalue weighted by Gasteiger charge is 2.29. The zero-order valence-electron chi connectivity index (χ0n) is 22.3. The van der Waals surface area contributed by atoms with Crippen LogP contribution in [-0.2, 0) is 19.6 Å². The second-order valence-electron chi connectivity index (χ2n) is 9.72. The first-order valence-corrected chi connectivity index (χ1v) is 14.6. The van der Waals surface area contributed by atoms with Crippen LogP contribution in [0.5, 0.6) is 11.5 Å². The van der Waals surface area contributed by atoms with Gasteiger partial charge in [0, 0.05) is 22.7 Å². The number of thiocarbonyl (C=S) groups is 1. The molecular weight excluding hydrogens is 582 g/mol. The van der Waals surface area contributed by atoms with E-state index in [0.717, 1.165) is 65.4 Å². The molecule has 0 aliphatic carbocycles. The number of aromatic nitrogens is 3. The van der Waals surface area contributed by atoms with Crippen LogP contribution in [0.1, 0.15) is 36.8 Å². The van der Waals surface area contributed by atoms with Gasteiger partial charge in [-0.15, -0.1) is 5.10 Å². The van der Waals surface area contributed by atoms with Crippen LogP contribution in [-0.4, -0.2) is 25.8 Å². The highest BCUT2D eigenvalue weighted by Crippen LogP contribution is 2.38. The van der Waals surface area contributed by atoms with Crippen molar-refractivity contribution in [3.8, 4) is 22.6 Å². The molecule has 1 N–H and O–H groups in total. The molecule has 0 unspecified atom stereocenters. The summed E-state index contributed by atoms with van der Waals surface area (Å²) in [5, 5.41) is 9.40. The molecule has 0 bridgehead atoms. The van der Waals surface area contributed by atoms with E-state index in [4.69, 9.17) is 50.0 Å². The summed E-state index contributed by atoms with van der Waals surface area (Å²) in [4.78, 5) is 0.483. The Morgan fingerprint density at radius 3 is 2.61 bits per heavy atom. The minimum atomic E-state index is -0.292. The number of anilines is 1. The van der Waals surface area contributed by atoms with E-state index < -0.39 is 0 Å². The van der Waals surface area contributed by atoms with Gasteiger partial charge in [-0.2, -0.15) is 0 Å². The van der Waals surface area contributed by atoms with Gasteiger partial charge in [0.2, 0.25) is 0 Å². The minimum Gasteiger partial charge on any atom is -0.492 e. The molecule has 0 saturated heterocycles. The van der Waals surface area contributed by atoms with Gasteiger partial charge >= 0.3 is 0 Å². The van der Waals surface area contributed by atoms with Crippen molar-refractivity contribution in [1.82, 2.24) is 14.2 Å². The molecule has 0 radical (unpaired) electrons. The summed E-state index contributed by atoms with van der Waals surface area (Å²) in [6.07, 6.45) is 2.81. The van der Waals surface area contributed by atoms with E-state index in [2.05, 4.69) is 9.88 Å². The Morgan fingerprint density at radius 1 is 1.02 bits per heavy atom. The number of halogens is 3. The maximum absolute atomic E-state index is 14.0. The summed E-state index contributed by atoms with van der Waals surface area (Å²) in [7, 11) is 0. The predicted molar refractivity (Wildman–Crippen MR) is 165 cm³/mol. The average molecular weight is 610 g/mol. The molecule has 0 saturated carbocycles. The van der Waals surface area contributed by atoms with Gasteiger partial charge in [0.05, 0.1) is 17.3 Å². The molecule has 3 heterocycles. The Hall–Kier alpha value is -3.59. The lowest BCUT2D eigenvalue weighted by Gasteiger charge is -2.14. The number of hydrogen-bond donors (Lipinski definition) is 1. The minimum absolute atomic E-state index is 0.209. The van der Waals surface area contributed by atoms with E-state index in [1.807, 2.05) is 35.7 Å². The summed E-state index contributed by atoms with van der Waals surface area (Å²) in [6, 6.07) is 19.4. The molecule has 210 valence electrons. The van der Waals surface area contributed by atoms with E-state index in [-0.39, 0.29) is 12.4 Å². The molecule has 41 heavy (non-hydrogen) atoms. The summed E-state index contributed by atoms with van der Waals surface area (Å²) in [6.45, 7) is 3.46. The van der Waals surface area contributed by atoms with Crippen LogP contribution in [0.3, 0.4) is 0 Å². The lowest BCUT2D eigenvalue weighted by Crippen LogP contribution is -2.16. The van der Waals surface area contributed by atoms with Crippen molar-refractivity contribution in [1.29, 1.82) is 0 Å². The molecule has 6 rings (SSSR count). The third-order valence-corrected chi connectivity index (χ3v) is 7.92. The molecule has 1 aliphatic heterocycles. The molecule has 0 atom stereocenters. The van der Waals surface area contributed by atoms with Crippen molar-refractivity contribution >= 4 is 51.7 Å². The normalized spacial score (nSPS) is 12.8. The number of ether oxygens (including phenoxy) is 2. The van der Waals surface area contributed by atoms with Gasteiger partial charge in [-0.1, -0.05) is 59.7 Å². The molecule has 10 heteroatoms. The fourth-order valence-corrected chi connectivity index (χ4v) is 6.08. The molecule has 0 amide bonds. The van der Waals surface area contributed by atoms with Crippen LogP contribution >= 0.6 is 35.4 Å². The SMILES string of the molecule is CCOc1ccccc1NC(=S)c1c(-c2ccc(F)cc2)c2c3n(c(COc4ccc(Cl)cc4Cl)nn13)CCCC2. The Bertz CT molecular complexity index is 1750. The zero-order chi connectivity index (χ0) is 28.5. The first kappa shape index (κ1) is 27.6. The average Bonchev–Trinajstić information content (AvgIpc) is 3.36. The Balaban J connectivity index is 1.48. The number of rotatable bonds is 8. The van der Waals surface area contributed by atoms with Crippen molar-refractivity contribution in [2.24, 2.45) is 0 Å². The van der Waals surface area contributed by atoms with Crippen LogP contribution in [0.2, 0.25) is 10.0 Å². The lowest BCUT2D eigenvalue weighted by molar-refractivity contribution is 0.289. The van der Waals surface area contributed by atoms with Gasteiger partial charge in [0.25, 0.3) is 0 Å². The van der Waals surface area contributed by atoms with Crippen molar-refractivity contribution in [3.63, 3.8) is 0 Å². The Kier molecular flexibility index (Phi) is 7.88. The zero-order valence-corrected chi connectivity index (χ0v) is 24.6. The van der Waals surface area contributed by atoms with E-state index >= 15 is 0 Å². The summed E-state index contributed by atoms with van der Waals surface area (Å²) < 4.78 is 30.0. The molecule has 3 aromatic carbocycles. The monoisotopic (exact) mass is 608 g/mol. The molecule has 0 spiro atoms. The van der Waals surface area contributed by atoms with Gasteiger partial charge in [0.1, 0.15) is 40.3 Å². The predicted octanol–water partition coefficient (Wildman–Crippen LogP) is 8.35. The van der Waals surface area contributed by atoms with E-state index in [1.165, 1.54) is 12.1 Å². The second kappa shape index (κ2) is 11.7. The number of benzene rings is 3. The Labute approximate surface area is 252 Å². The topological polar surface area (TPSA) is 52.7 Å². The Morgan fingerprint density at radius 2 is 1.83 bits per heavy atom. The van der Waals surface area contributed by atoms with Gasteiger partial charge in [-0.3, -0.25) is 0 Å². The van der Waals surface area contributed by atoms with E-state index in [0.29, 0.717) is 33.1 Å². The fourth-order valence-electron chi connectivity index (χ4n) is 5.32. The highest BCUT2D eigenvalue weighted by atomic mass is 35.5. The van der Waals surface area contributed by atoms with Gasteiger partial charge < -0.3 is 19.4 Å². The maximum atomic E-state index is 14.0. The highest BCUT2D eigenvalue weighted by molar-refractivity contribution is 7.81. The van der Waals surface area contributed by atoms with Gasteiger partial charge in [-0.25, -0.2) is 8.91 Å². The van der Waals surface area contributed by atoms with Crippen molar-refractivity contribution in [2.45, 2.75) is 39.3 Å². The second-order valence-corrected chi connectivity index (χ2v) is 11.0. The van der Waals surface area contributed by atoms with Gasteiger partial charge in [-0.05, 0) is 74.2 Å². The molecule has 5 aromatic rings. The van der Waals surface area contributed by atoms with E-state index in [9.17, 15) is 4.39 Å². The third-order valence-electron chi connectivity index (χ3n) is 7.10. The van der Waals surface area contributed by atoms with Crippen molar-refractivity contribution in [2.75, 3.05) is 11.9 Å². The number of hydrogen-bond acceptors (Lipinski definition) is 4. The largest absolute Gasteiger partial charge is 0.492 e. The summed E-state index contributed by atoms with van der Waals surface area (Å²) >= 11 is 18.5. The molecule has 0 fully saturated rings. The third kappa shape index (κ3) is 5.39. The summed E-state index contributed by atoms with van der Waals surface area (Å²) in [5.41, 5.74) is 5.39. The number of nitrogens with zero attached hydrogens (tertiary/aromatic N) is 3. The van der Waals surface area contributed by atoms with Crippen LogP contribution in [0, 0.1) is 5.82 Å². The van der Waals surface area contributed by atoms with Gasteiger partial charge in [0.15, 0.2) is 5.82 Å². The standard InChI is InChI=1S/C31H27Cl2FN4O2S/c1-2-39-26-9-4-3-8-24(26)35-30(41)29-28(19-10-13-21(34)14-11-19)22-7-5-6-16-37-27(36-38(29)31(22)37)18-40-25-15-12-20(32)17-23(25)33/h3-4,8-15,17H,2,5-7,16,18H2,1H3,(H,35,41). The number of aryl methyl sites for hydroxylation is 2. The summed E-state index contributed by atoms with van der Waals surface area (Å²) in [5.74, 6) is 1.69. The molecular formula is C31H27Cl2FN4O2S. The molecule has 6 nitrogen and oxygen atoms in total. The first-order chi connectivity index (χ1) is 19.9. The molecule has 2 aromatic heterocycles. The van der Waals surface area contributed by atoms with E-state index in [1.54, 1.807) is 30.3 Å². The quantitative estimate of drug-likeness (QED) is 0.179. The van der Waals surface area contributed by atoms with Crippen LogP contribution < -0.4 is 14.8 Å². The maximum Gasteiger partial charge on any atom is 0.169 e. The van der Waals surface area contributed by atoms with Crippen LogP contribution in [0.4, 0.5) is 10.1 Å². The van der Waals surface area contributed by atoms with Crippen molar-refractivity contribution < 1.29 is 13.9 Å². The number of nitrogens with one attached hydrogen (secondary N) is 1. The smallest absolute Gasteiger partial charge is 0.169 e. The van der Waals surface area contributed by atoms with Crippen molar-refractivity contribution in [3.05, 3.63) is 99.7 Å². The fraction of sp³-hybridized carbons (Fsp3) is 0.226. The first-order valence-electron chi connectivity index (χ1n) is 13.4.